The molecule has 0 unspecified atom stereocenters. The third-order valence-electron chi connectivity index (χ3n) is 15.3. The Morgan fingerprint density at radius 2 is 0.458 bits per heavy atom. The molecule has 6 heteroatoms. The van der Waals surface area contributed by atoms with Gasteiger partial charge in [0.15, 0.2) is 6.10 Å². The largest absolute Gasteiger partial charge is 0.462 e. The van der Waals surface area contributed by atoms with Gasteiger partial charge in [-0.25, -0.2) is 0 Å². The van der Waals surface area contributed by atoms with Crippen molar-refractivity contribution in [3.8, 4) is 0 Å². The van der Waals surface area contributed by atoms with E-state index in [4.69, 9.17) is 14.2 Å². The van der Waals surface area contributed by atoms with Gasteiger partial charge in [-0.15, -0.1) is 0 Å². The molecule has 0 saturated heterocycles. The maximum Gasteiger partial charge on any atom is 0.306 e. The molecule has 0 aliphatic carbocycles. The first-order chi connectivity index (χ1) is 35.4. The van der Waals surface area contributed by atoms with E-state index in [1.165, 1.54) is 276 Å². The first kappa shape index (κ1) is 70.4. The van der Waals surface area contributed by atoms with E-state index in [9.17, 15) is 14.4 Å². The fourth-order valence-electron chi connectivity index (χ4n) is 10.3. The summed E-state index contributed by atoms with van der Waals surface area (Å²) in [6.07, 6.45) is 68.2. The van der Waals surface area contributed by atoms with E-state index in [0.29, 0.717) is 19.3 Å². The molecule has 0 aliphatic heterocycles. The third-order valence-corrected chi connectivity index (χ3v) is 15.3. The zero-order valence-corrected chi connectivity index (χ0v) is 49.4. The molecule has 0 aromatic heterocycles. The predicted molar refractivity (Wildman–Crippen MR) is 312 cm³/mol. The summed E-state index contributed by atoms with van der Waals surface area (Å²) in [4.78, 5) is 38.3. The van der Waals surface area contributed by atoms with Crippen molar-refractivity contribution in [2.45, 2.75) is 387 Å². The van der Waals surface area contributed by atoms with Gasteiger partial charge in [-0.05, 0) is 25.2 Å². The van der Waals surface area contributed by atoms with Gasteiger partial charge >= 0.3 is 17.9 Å². The van der Waals surface area contributed by atoms with Crippen LogP contribution in [0.3, 0.4) is 0 Å². The van der Waals surface area contributed by atoms with Crippen LogP contribution in [0.4, 0.5) is 0 Å². The first-order valence-corrected chi connectivity index (χ1v) is 32.9. The lowest BCUT2D eigenvalue weighted by molar-refractivity contribution is -0.167. The van der Waals surface area contributed by atoms with Crippen molar-refractivity contribution < 1.29 is 28.6 Å². The topological polar surface area (TPSA) is 78.9 Å². The molecule has 428 valence electrons. The molecule has 0 aromatic carbocycles. The van der Waals surface area contributed by atoms with Crippen molar-refractivity contribution in [3.63, 3.8) is 0 Å². The summed E-state index contributed by atoms with van der Waals surface area (Å²) in [7, 11) is 0. The normalized spacial score (nSPS) is 12.0. The van der Waals surface area contributed by atoms with Crippen LogP contribution in [0.25, 0.3) is 0 Å². The van der Waals surface area contributed by atoms with E-state index in [1.54, 1.807) is 0 Å². The molecule has 72 heavy (non-hydrogen) atoms. The fourth-order valence-corrected chi connectivity index (χ4v) is 10.3. The molecule has 0 aromatic rings. The SMILES string of the molecule is CCCCCCCCCCCCCCCCCCCCCC(=O)OC[C@@H](COC(=O)CCCCCCCCCCCCCCCC)OC(=O)CCCCCCCCCCCCCCCCCCCCC(C)C. The molecule has 0 rings (SSSR count). The summed E-state index contributed by atoms with van der Waals surface area (Å²) in [6.45, 7) is 9.11. The van der Waals surface area contributed by atoms with Gasteiger partial charge in [0.2, 0.25) is 0 Å². The van der Waals surface area contributed by atoms with Crippen LogP contribution in [0.1, 0.15) is 381 Å². The summed E-state index contributed by atoms with van der Waals surface area (Å²) in [6, 6.07) is 0. The Morgan fingerprint density at radius 1 is 0.264 bits per heavy atom. The lowest BCUT2D eigenvalue weighted by Gasteiger charge is -2.18. The van der Waals surface area contributed by atoms with Gasteiger partial charge < -0.3 is 14.2 Å². The van der Waals surface area contributed by atoms with Gasteiger partial charge in [-0.1, -0.05) is 342 Å². The summed E-state index contributed by atoms with van der Waals surface area (Å²) in [5.74, 6) is 0.0329. The second-order valence-electron chi connectivity index (χ2n) is 23.2. The van der Waals surface area contributed by atoms with Crippen molar-refractivity contribution in [1.29, 1.82) is 0 Å². The van der Waals surface area contributed by atoms with Crippen molar-refractivity contribution >= 4 is 17.9 Å². The van der Waals surface area contributed by atoms with Gasteiger partial charge in [0.05, 0.1) is 0 Å². The highest BCUT2D eigenvalue weighted by Gasteiger charge is 2.19. The molecular weight excluding hydrogens is 889 g/mol. The summed E-state index contributed by atoms with van der Waals surface area (Å²) in [5.41, 5.74) is 0. The molecule has 0 fully saturated rings. The Balaban J connectivity index is 4.25. The standard InChI is InChI=1S/C66H128O6/c1-5-7-9-11-13-15-17-19-21-22-23-27-30-34-38-42-46-50-54-58-65(68)71-61-63(60-70-64(67)57-53-49-45-41-37-33-20-18-16-14-12-10-8-6-2)72-66(69)59-55-51-47-43-39-35-31-28-25-24-26-29-32-36-40-44-48-52-56-62(3)4/h62-63H,5-61H2,1-4H3/t63-/m1/s1. The Morgan fingerprint density at radius 3 is 0.681 bits per heavy atom. The maximum absolute atomic E-state index is 12.9. The first-order valence-electron chi connectivity index (χ1n) is 32.9. The molecule has 0 saturated carbocycles. The van der Waals surface area contributed by atoms with Crippen LogP contribution in [0, 0.1) is 5.92 Å². The summed E-state index contributed by atoms with van der Waals surface area (Å²) < 4.78 is 17.0. The average Bonchev–Trinajstić information content (AvgIpc) is 3.37. The molecule has 0 spiro atoms. The lowest BCUT2D eigenvalue weighted by atomic mass is 10.0. The minimum atomic E-state index is -0.763. The van der Waals surface area contributed by atoms with Crippen LogP contribution in [0.15, 0.2) is 0 Å². The zero-order chi connectivity index (χ0) is 52.3. The summed E-state index contributed by atoms with van der Waals surface area (Å²) in [5, 5.41) is 0. The number of hydrogen-bond donors (Lipinski definition) is 0. The zero-order valence-electron chi connectivity index (χ0n) is 49.4. The molecular formula is C66H128O6. The second kappa shape index (κ2) is 60.3. The lowest BCUT2D eigenvalue weighted by Crippen LogP contribution is -2.30. The number of rotatable bonds is 61. The van der Waals surface area contributed by atoms with Gasteiger partial charge in [0.25, 0.3) is 0 Å². The highest BCUT2D eigenvalue weighted by atomic mass is 16.6. The van der Waals surface area contributed by atoms with Crippen LogP contribution in [-0.2, 0) is 28.6 Å². The van der Waals surface area contributed by atoms with E-state index in [2.05, 4.69) is 27.7 Å². The van der Waals surface area contributed by atoms with Crippen LogP contribution in [0.2, 0.25) is 0 Å². The number of unbranched alkanes of at least 4 members (excludes halogenated alkanes) is 48. The van der Waals surface area contributed by atoms with Crippen molar-refractivity contribution in [2.75, 3.05) is 13.2 Å². The molecule has 0 radical (unpaired) electrons. The Kier molecular flexibility index (Phi) is 58.9. The maximum atomic E-state index is 12.9. The van der Waals surface area contributed by atoms with Crippen LogP contribution < -0.4 is 0 Å². The van der Waals surface area contributed by atoms with Gasteiger partial charge in [-0.2, -0.15) is 0 Å². The molecule has 0 N–H and O–H groups in total. The van der Waals surface area contributed by atoms with Crippen molar-refractivity contribution in [2.24, 2.45) is 5.92 Å². The van der Waals surface area contributed by atoms with E-state index in [-0.39, 0.29) is 31.1 Å². The third kappa shape index (κ3) is 59.3. The fraction of sp³-hybridized carbons (Fsp3) is 0.955. The highest BCUT2D eigenvalue weighted by molar-refractivity contribution is 5.71. The molecule has 0 bridgehead atoms. The predicted octanol–water partition coefficient (Wildman–Crippen LogP) is 22.1. The van der Waals surface area contributed by atoms with Crippen molar-refractivity contribution in [3.05, 3.63) is 0 Å². The molecule has 1 atom stereocenters. The van der Waals surface area contributed by atoms with E-state index in [0.717, 1.165) is 63.7 Å². The Hall–Kier alpha value is -1.59. The molecule has 0 heterocycles. The molecule has 0 aliphatic rings. The second-order valence-corrected chi connectivity index (χ2v) is 23.2. The molecule has 6 nitrogen and oxygen atoms in total. The minimum absolute atomic E-state index is 0.0609. The number of hydrogen-bond acceptors (Lipinski definition) is 6. The number of carbonyl (C=O) groups excluding carboxylic acids is 3. The monoisotopic (exact) mass is 1020 g/mol. The van der Waals surface area contributed by atoms with Crippen LogP contribution >= 0.6 is 0 Å². The Bertz CT molecular complexity index is 1090. The Labute approximate surface area is 450 Å². The number of carbonyl (C=O) groups is 3. The smallest absolute Gasteiger partial charge is 0.306 e. The highest BCUT2D eigenvalue weighted by Crippen LogP contribution is 2.19. The number of esters is 3. The van der Waals surface area contributed by atoms with Crippen LogP contribution in [0.5, 0.6) is 0 Å². The van der Waals surface area contributed by atoms with Crippen molar-refractivity contribution in [1.82, 2.24) is 0 Å². The average molecular weight is 1020 g/mol. The molecule has 0 amide bonds. The quantitative estimate of drug-likeness (QED) is 0.0343. The number of ether oxygens (including phenoxy) is 3. The van der Waals surface area contributed by atoms with Crippen LogP contribution in [-0.4, -0.2) is 37.2 Å². The van der Waals surface area contributed by atoms with E-state index >= 15 is 0 Å². The van der Waals surface area contributed by atoms with Gasteiger partial charge in [0.1, 0.15) is 13.2 Å². The van der Waals surface area contributed by atoms with Gasteiger partial charge in [-0.3, -0.25) is 14.4 Å². The van der Waals surface area contributed by atoms with E-state index in [1.807, 2.05) is 0 Å². The van der Waals surface area contributed by atoms with Gasteiger partial charge in [0, 0.05) is 19.3 Å². The summed E-state index contributed by atoms with van der Waals surface area (Å²) >= 11 is 0. The minimum Gasteiger partial charge on any atom is -0.462 e. The van der Waals surface area contributed by atoms with E-state index < -0.39 is 6.10 Å².